The summed E-state index contributed by atoms with van der Waals surface area (Å²) in [6.45, 7) is 0.279. The molecule has 0 unspecified atom stereocenters. The maximum absolute atomic E-state index is 13.3. The van der Waals surface area contributed by atoms with Crippen molar-refractivity contribution in [3.05, 3.63) is 70.3 Å². The van der Waals surface area contributed by atoms with Crippen LogP contribution in [0.15, 0.2) is 53.6 Å². The summed E-state index contributed by atoms with van der Waals surface area (Å²) in [6, 6.07) is 11.1. The molecule has 2 aromatic heterocycles. The number of amides is 1. The van der Waals surface area contributed by atoms with Gasteiger partial charge in [-0.3, -0.25) is 14.6 Å². The zero-order valence-corrected chi connectivity index (χ0v) is 16.6. The highest BCUT2D eigenvalue weighted by Crippen LogP contribution is 2.26. The average Bonchev–Trinajstić information content (AvgIpc) is 2.78. The zero-order valence-electron chi connectivity index (χ0n) is 16.6. The summed E-state index contributed by atoms with van der Waals surface area (Å²) in [5.74, 6) is 0.654. The first kappa shape index (κ1) is 19.2. The van der Waals surface area contributed by atoms with Crippen molar-refractivity contribution >= 4 is 16.8 Å². The van der Waals surface area contributed by atoms with Gasteiger partial charge in [-0.25, -0.2) is 0 Å². The van der Waals surface area contributed by atoms with Crippen molar-refractivity contribution < 1.29 is 9.53 Å². The maximum atomic E-state index is 13.3. The number of H-pyrrole nitrogens is 1. The molecule has 0 bridgehead atoms. The summed E-state index contributed by atoms with van der Waals surface area (Å²) in [6.07, 6.45) is 8.58. The van der Waals surface area contributed by atoms with Gasteiger partial charge in [-0.05, 0) is 49.2 Å². The third-order valence-corrected chi connectivity index (χ3v) is 5.65. The molecule has 0 spiro atoms. The van der Waals surface area contributed by atoms with E-state index in [1.807, 2.05) is 29.2 Å². The van der Waals surface area contributed by atoms with E-state index in [0.29, 0.717) is 11.1 Å². The Morgan fingerprint density at radius 3 is 2.76 bits per heavy atom. The molecule has 2 heterocycles. The summed E-state index contributed by atoms with van der Waals surface area (Å²) in [5, 5.41) is 0.886. The van der Waals surface area contributed by atoms with Crippen LogP contribution in [-0.4, -0.2) is 33.9 Å². The molecule has 0 atom stereocenters. The fourth-order valence-electron chi connectivity index (χ4n) is 4.07. The number of fused-ring (bicyclic) bond motifs is 1. The second-order valence-corrected chi connectivity index (χ2v) is 7.54. The number of nitrogens with one attached hydrogen (secondary N) is 1. The molecule has 1 aliphatic rings. The Morgan fingerprint density at radius 1 is 1.21 bits per heavy atom. The molecule has 1 fully saturated rings. The third-order valence-electron chi connectivity index (χ3n) is 5.65. The van der Waals surface area contributed by atoms with Gasteiger partial charge in [-0.15, -0.1) is 0 Å². The van der Waals surface area contributed by atoms with Crippen molar-refractivity contribution in [1.29, 1.82) is 0 Å². The van der Waals surface area contributed by atoms with Gasteiger partial charge in [0.05, 0.1) is 19.2 Å². The van der Waals surface area contributed by atoms with Crippen molar-refractivity contribution in [3.8, 4) is 5.75 Å². The Bertz CT molecular complexity index is 1060. The lowest BCUT2D eigenvalue weighted by Gasteiger charge is -2.34. The van der Waals surface area contributed by atoms with Crippen LogP contribution in [0.25, 0.3) is 10.9 Å². The van der Waals surface area contributed by atoms with Crippen molar-refractivity contribution in [3.63, 3.8) is 0 Å². The van der Waals surface area contributed by atoms with Gasteiger partial charge in [0.2, 0.25) is 0 Å². The molecule has 29 heavy (non-hydrogen) atoms. The Kier molecular flexibility index (Phi) is 5.60. The number of aromatic amines is 1. The van der Waals surface area contributed by atoms with Crippen molar-refractivity contribution in [2.24, 2.45) is 0 Å². The Morgan fingerprint density at radius 2 is 2.03 bits per heavy atom. The number of hydrogen-bond donors (Lipinski definition) is 1. The summed E-state index contributed by atoms with van der Waals surface area (Å²) in [7, 11) is 1.62. The van der Waals surface area contributed by atoms with Crippen molar-refractivity contribution in [1.82, 2.24) is 14.9 Å². The molecule has 3 aromatic rings. The van der Waals surface area contributed by atoms with Crippen molar-refractivity contribution in [2.75, 3.05) is 7.11 Å². The number of aromatic nitrogens is 2. The van der Waals surface area contributed by atoms with Gasteiger partial charge in [-0.1, -0.05) is 19.3 Å². The third kappa shape index (κ3) is 4.16. The van der Waals surface area contributed by atoms with Crippen LogP contribution in [0.5, 0.6) is 5.75 Å². The normalized spacial score (nSPS) is 14.7. The highest BCUT2D eigenvalue weighted by atomic mass is 16.5. The van der Waals surface area contributed by atoms with E-state index in [1.165, 1.54) is 6.42 Å². The summed E-state index contributed by atoms with van der Waals surface area (Å²) < 4.78 is 5.30. The van der Waals surface area contributed by atoms with Gasteiger partial charge < -0.3 is 14.6 Å². The quantitative estimate of drug-likeness (QED) is 0.716. The molecule has 4 rings (SSSR count). The van der Waals surface area contributed by atoms with Crippen LogP contribution >= 0.6 is 0 Å². The van der Waals surface area contributed by atoms with Crippen LogP contribution in [0, 0.1) is 0 Å². The molecule has 6 heteroatoms. The predicted octanol–water partition coefficient (Wildman–Crippen LogP) is 3.91. The van der Waals surface area contributed by atoms with Crippen LogP contribution < -0.4 is 10.3 Å². The number of benzene rings is 1. The predicted molar refractivity (Wildman–Crippen MR) is 112 cm³/mol. The largest absolute Gasteiger partial charge is 0.497 e. The van der Waals surface area contributed by atoms with Crippen LogP contribution in [0.1, 0.15) is 48.0 Å². The first-order valence-corrected chi connectivity index (χ1v) is 10.1. The average molecular weight is 391 g/mol. The molecule has 1 N–H and O–H groups in total. The van der Waals surface area contributed by atoms with E-state index in [1.54, 1.807) is 31.6 Å². The Labute approximate surface area is 169 Å². The highest BCUT2D eigenvalue weighted by Gasteiger charge is 2.27. The van der Waals surface area contributed by atoms with E-state index in [9.17, 15) is 9.59 Å². The first-order valence-electron chi connectivity index (χ1n) is 10.1. The molecule has 1 aliphatic carbocycles. The minimum Gasteiger partial charge on any atom is -0.497 e. The van der Waals surface area contributed by atoms with Crippen LogP contribution in [0.2, 0.25) is 0 Å². The van der Waals surface area contributed by atoms with Gasteiger partial charge in [0.25, 0.3) is 11.5 Å². The minimum atomic E-state index is -0.164. The monoisotopic (exact) mass is 391 g/mol. The lowest BCUT2D eigenvalue weighted by atomic mass is 9.93. The molecular weight excluding hydrogens is 366 g/mol. The maximum Gasteiger partial charge on any atom is 0.255 e. The molecule has 1 aromatic carbocycles. The van der Waals surface area contributed by atoms with Crippen LogP contribution in [0.3, 0.4) is 0 Å². The molecule has 0 saturated heterocycles. The number of nitrogens with zero attached hydrogens (tertiary/aromatic N) is 2. The lowest BCUT2D eigenvalue weighted by Crippen LogP contribution is -2.42. The minimum absolute atomic E-state index is 0.0739. The molecule has 1 saturated carbocycles. The van der Waals surface area contributed by atoms with Gasteiger partial charge in [0.1, 0.15) is 5.75 Å². The Hall–Kier alpha value is -3.15. The SMILES string of the molecule is COc1ccc2[nH]c(=O)c(CN(C(=O)c3cccnc3)C3CCCCC3)cc2c1. The number of hydrogen-bond acceptors (Lipinski definition) is 4. The van der Waals surface area contributed by atoms with Gasteiger partial charge in [0, 0.05) is 34.9 Å². The molecule has 0 aliphatic heterocycles. The van der Waals surface area contributed by atoms with E-state index < -0.39 is 0 Å². The van der Waals surface area contributed by atoms with Crippen LogP contribution in [-0.2, 0) is 6.54 Å². The number of pyridine rings is 2. The van der Waals surface area contributed by atoms with Gasteiger partial charge in [-0.2, -0.15) is 0 Å². The lowest BCUT2D eigenvalue weighted by molar-refractivity contribution is 0.0613. The number of rotatable bonds is 5. The molecular formula is C23H25N3O3. The summed E-state index contributed by atoms with van der Waals surface area (Å²) >= 11 is 0. The number of carbonyl (C=O) groups excluding carboxylic acids is 1. The Balaban J connectivity index is 1.70. The smallest absolute Gasteiger partial charge is 0.255 e. The number of ether oxygens (including phenoxy) is 1. The van der Waals surface area contributed by atoms with Gasteiger partial charge in [0.15, 0.2) is 0 Å². The fraction of sp³-hybridized carbons (Fsp3) is 0.348. The van der Waals surface area contributed by atoms with Gasteiger partial charge >= 0.3 is 0 Å². The topological polar surface area (TPSA) is 75.3 Å². The van der Waals surface area contributed by atoms with E-state index in [-0.39, 0.29) is 24.1 Å². The van der Waals surface area contributed by atoms with Crippen LogP contribution in [0.4, 0.5) is 0 Å². The number of carbonyl (C=O) groups is 1. The second kappa shape index (κ2) is 8.47. The summed E-state index contributed by atoms with van der Waals surface area (Å²) in [5.41, 5.74) is 1.72. The van der Waals surface area contributed by atoms with E-state index >= 15 is 0 Å². The molecule has 0 radical (unpaired) electrons. The summed E-state index contributed by atoms with van der Waals surface area (Å²) in [4.78, 5) is 34.9. The molecule has 1 amide bonds. The van der Waals surface area contributed by atoms with E-state index in [0.717, 1.165) is 42.3 Å². The van der Waals surface area contributed by atoms with E-state index in [4.69, 9.17) is 4.74 Å². The zero-order chi connectivity index (χ0) is 20.2. The highest BCUT2D eigenvalue weighted by molar-refractivity contribution is 5.94. The molecule has 6 nitrogen and oxygen atoms in total. The van der Waals surface area contributed by atoms with E-state index in [2.05, 4.69) is 9.97 Å². The number of methoxy groups -OCH3 is 1. The fourth-order valence-corrected chi connectivity index (χ4v) is 4.07. The molecule has 150 valence electrons. The standard InChI is InChI=1S/C23H25N3O3/c1-29-20-9-10-21-17(13-20)12-18(22(27)25-21)15-26(19-7-3-2-4-8-19)23(28)16-6-5-11-24-14-16/h5-6,9-14,19H,2-4,7-8,15H2,1H3,(H,25,27). The first-order chi connectivity index (χ1) is 14.2. The van der Waals surface area contributed by atoms with Crippen molar-refractivity contribution in [2.45, 2.75) is 44.7 Å². The second-order valence-electron chi connectivity index (χ2n) is 7.54.